The molecule has 4 rings (SSSR count). The van der Waals surface area contributed by atoms with E-state index < -0.39 is 40.0 Å². The molecule has 2 aromatic rings. The first-order valence-corrected chi connectivity index (χ1v) is 13.4. The van der Waals surface area contributed by atoms with E-state index >= 15 is 0 Å². The van der Waals surface area contributed by atoms with Gasteiger partial charge in [0, 0.05) is 30.0 Å². The lowest BCUT2D eigenvalue weighted by Crippen LogP contribution is -2.70. The molecule has 0 radical (unpaired) electrons. The van der Waals surface area contributed by atoms with Crippen LogP contribution in [0.1, 0.15) is 5.56 Å². The van der Waals surface area contributed by atoms with Crippen LogP contribution in [-0.4, -0.2) is 80.9 Å². The summed E-state index contributed by atoms with van der Waals surface area (Å²) in [6.07, 6.45) is 0. The largest absolute Gasteiger partial charge is 0.477 e. The number of thioether (sulfide) groups is 2. The molecule has 0 bridgehead atoms. The summed E-state index contributed by atoms with van der Waals surface area (Å²) in [7, 11) is 0.0471. The summed E-state index contributed by atoms with van der Waals surface area (Å²) in [5, 5.41) is 23.5. The molecule has 3 heterocycles. The standard InChI is InChI=1S/C19H21N7O5S3/c1-25-19(22-23-24-25)33-8-11-7-32-17-14(16(28)26(17)15(11)18(29)30)21-13(27)9-34(31)12-5-3-2-4-10(12)6-20/h2-5,14,17H,6-9,20H2,1H3,(H,21,27)(H,29,30)/t14?,17-,34?/m0/s1. The van der Waals surface area contributed by atoms with Gasteiger partial charge in [0.15, 0.2) is 0 Å². The minimum absolute atomic E-state index is 0.0812. The topological polar surface area (TPSA) is 173 Å². The molecule has 0 spiro atoms. The number of aliphatic carboxylic acids is 1. The number of carbonyl (C=O) groups is 3. The number of hydrogen-bond acceptors (Lipinski definition) is 10. The highest BCUT2D eigenvalue weighted by molar-refractivity contribution is 8.01. The molecule has 2 amide bonds. The van der Waals surface area contributed by atoms with Crippen LogP contribution >= 0.6 is 23.5 Å². The average molecular weight is 524 g/mol. The number of aromatic nitrogens is 4. The lowest BCUT2D eigenvalue weighted by molar-refractivity contribution is -0.150. The summed E-state index contributed by atoms with van der Waals surface area (Å²) < 4.78 is 14.1. The number of benzene rings is 1. The zero-order valence-corrected chi connectivity index (χ0v) is 20.4. The molecule has 0 saturated carbocycles. The van der Waals surface area contributed by atoms with Crippen molar-refractivity contribution in [3.05, 3.63) is 41.1 Å². The molecular formula is C19H21N7O5S3. The van der Waals surface area contributed by atoms with Crippen LogP contribution in [0.5, 0.6) is 0 Å². The van der Waals surface area contributed by atoms with E-state index in [4.69, 9.17) is 5.73 Å². The van der Waals surface area contributed by atoms with E-state index in [9.17, 15) is 23.7 Å². The molecule has 15 heteroatoms. The zero-order valence-electron chi connectivity index (χ0n) is 17.9. The van der Waals surface area contributed by atoms with Gasteiger partial charge in [-0.2, -0.15) is 0 Å². The number of nitrogens with zero attached hydrogens (tertiary/aromatic N) is 5. The van der Waals surface area contributed by atoms with Crippen molar-refractivity contribution in [3.8, 4) is 0 Å². The van der Waals surface area contributed by atoms with Crippen LogP contribution < -0.4 is 11.1 Å². The number of amides is 2. The second-order valence-corrected chi connectivity index (χ2v) is 10.9. The summed E-state index contributed by atoms with van der Waals surface area (Å²) in [6.45, 7) is 0.191. The molecule has 12 nitrogen and oxygen atoms in total. The van der Waals surface area contributed by atoms with E-state index in [2.05, 4.69) is 20.8 Å². The van der Waals surface area contributed by atoms with Crippen LogP contribution in [0.2, 0.25) is 0 Å². The number of carbonyl (C=O) groups excluding carboxylic acids is 2. The Labute approximate surface area is 205 Å². The van der Waals surface area contributed by atoms with Crippen LogP contribution in [0.25, 0.3) is 0 Å². The first-order valence-electron chi connectivity index (χ1n) is 10.0. The van der Waals surface area contributed by atoms with Gasteiger partial charge in [0.05, 0.1) is 10.8 Å². The molecule has 3 atom stereocenters. The lowest BCUT2D eigenvalue weighted by Gasteiger charge is -2.49. The molecular weight excluding hydrogens is 502 g/mol. The molecule has 1 aromatic heterocycles. The monoisotopic (exact) mass is 523 g/mol. The van der Waals surface area contributed by atoms with Crippen LogP contribution in [0.3, 0.4) is 0 Å². The Kier molecular flexibility index (Phi) is 7.35. The van der Waals surface area contributed by atoms with Crippen molar-refractivity contribution in [1.29, 1.82) is 0 Å². The SMILES string of the molecule is Cn1nnnc1SCC1=C(C(=O)O)N2C(=O)C(NC(=O)CS(=O)c3ccccc3CN)[C@@H]2SC1. The lowest BCUT2D eigenvalue weighted by atomic mass is 10.0. The molecule has 0 aliphatic carbocycles. The second kappa shape index (κ2) is 10.2. The van der Waals surface area contributed by atoms with Gasteiger partial charge in [-0.3, -0.25) is 18.7 Å². The van der Waals surface area contributed by atoms with Gasteiger partial charge in [-0.1, -0.05) is 30.0 Å². The maximum absolute atomic E-state index is 12.8. The molecule has 34 heavy (non-hydrogen) atoms. The number of rotatable bonds is 9. The van der Waals surface area contributed by atoms with Gasteiger partial charge in [0.25, 0.3) is 5.91 Å². The fraction of sp³-hybridized carbons (Fsp3) is 0.368. The minimum atomic E-state index is -1.63. The third kappa shape index (κ3) is 4.73. The van der Waals surface area contributed by atoms with Crippen molar-refractivity contribution < 1.29 is 23.7 Å². The summed E-state index contributed by atoms with van der Waals surface area (Å²) in [4.78, 5) is 39.0. The predicted molar refractivity (Wildman–Crippen MR) is 125 cm³/mol. The van der Waals surface area contributed by atoms with Crippen molar-refractivity contribution in [2.24, 2.45) is 12.8 Å². The average Bonchev–Trinajstić information content (AvgIpc) is 3.24. The number of nitrogens with two attached hydrogens (primary N) is 1. The van der Waals surface area contributed by atoms with Gasteiger partial charge in [0.1, 0.15) is 22.9 Å². The van der Waals surface area contributed by atoms with E-state index in [1.54, 1.807) is 31.3 Å². The molecule has 1 saturated heterocycles. The van der Waals surface area contributed by atoms with Gasteiger partial charge < -0.3 is 16.2 Å². The number of carboxylic acid groups (broad SMARTS) is 1. The molecule has 1 fully saturated rings. The number of hydrogen-bond donors (Lipinski definition) is 3. The Morgan fingerprint density at radius 3 is 2.82 bits per heavy atom. The highest BCUT2D eigenvalue weighted by atomic mass is 32.2. The number of carboxylic acids is 1. The Hall–Kier alpha value is -2.75. The summed E-state index contributed by atoms with van der Waals surface area (Å²) in [5.74, 6) is -1.94. The third-order valence-electron chi connectivity index (χ3n) is 5.22. The fourth-order valence-electron chi connectivity index (χ4n) is 3.60. The van der Waals surface area contributed by atoms with Gasteiger partial charge in [0.2, 0.25) is 11.1 Å². The Morgan fingerprint density at radius 1 is 1.38 bits per heavy atom. The van der Waals surface area contributed by atoms with Crippen LogP contribution in [0.15, 0.2) is 45.6 Å². The molecule has 2 unspecified atom stereocenters. The highest BCUT2D eigenvalue weighted by Gasteiger charge is 2.54. The van der Waals surface area contributed by atoms with Crippen molar-refractivity contribution in [1.82, 2.24) is 30.4 Å². The fourth-order valence-corrected chi connectivity index (χ4v) is 7.08. The Morgan fingerprint density at radius 2 is 2.15 bits per heavy atom. The van der Waals surface area contributed by atoms with E-state index in [-0.39, 0.29) is 18.0 Å². The van der Waals surface area contributed by atoms with Crippen molar-refractivity contribution in [2.45, 2.75) is 28.0 Å². The summed E-state index contributed by atoms with van der Waals surface area (Å²) in [5.41, 5.74) is 6.84. The quantitative estimate of drug-likeness (QED) is 0.280. The van der Waals surface area contributed by atoms with Crippen molar-refractivity contribution in [2.75, 3.05) is 17.3 Å². The maximum atomic E-state index is 12.8. The van der Waals surface area contributed by atoms with Gasteiger partial charge in [-0.05, 0) is 27.6 Å². The van der Waals surface area contributed by atoms with Gasteiger partial charge in [-0.25, -0.2) is 9.48 Å². The van der Waals surface area contributed by atoms with E-state index in [1.165, 1.54) is 33.1 Å². The Bertz CT molecular complexity index is 1200. The smallest absolute Gasteiger partial charge is 0.352 e. The summed E-state index contributed by atoms with van der Waals surface area (Å²) in [6, 6.07) is 6.00. The van der Waals surface area contributed by atoms with E-state index in [1.807, 2.05) is 0 Å². The van der Waals surface area contributed by atoms with Gasteiger partial charge in [-0.15, -0.1) is 16.9 Å². The number of tetrazole rings is 1. The van der Waals surface area contributed by atoms with Crippen LogP contribution in [0, 0.1) is 0 Å². The normalized spacial score (nSPS) is 20.5. The first kappa shape index (κ1) is 24.4. The zero-order chi connectivity index (χ0) is 24.4. The van der Waals surface area contributed by atoms with E-state index in [0.29, 0.717) is 32.7 Å². The van der Waals surface area contributed by atoms with Gasteiger partial charge >= 0.3 is 5.97 Å². The second-order valence-electron chi connectivity index (χ2n) is 7.39. The predicted octanol–water partition coefficient (Wildman–Crippen LogP) is -0.693. The highest BCUT2D eigenvalue weighted by Crippen LogP contribution is 2.41. The first-order chi connectivity index (χ1) is 16.3. The molecule has 180 valence electrons. The molecule has 2 aliphatic rings. The summed E-state index contributed by atoms with van der Waals surface area (Å²) >= 11 is 2.63. The molecule has 1 aromatic carbocycles. The minimum Gasteiger partial charge on any atom is -0.477 e. The van der Waals surface area contributed by atoms with E-state index in [0.717, 1.165) is 0 Å². The number of nitrogens with one attached hydrogen (secondary N) is 1. The number of aryl methyl sites for hydroxylation is 1. The maximum Gasteiger partial charge on any atom is 0.352 e. The van der Waals surface area contributed by atoms with Crippen molar-refractivity contribution in [3.63, 3.8) is 0 Å². The molecule has 2 aliphatic heterocycles. The van der Waals surface area contributed by atoms with Crippen LogP contribution in [-0.2, 0) is 38.8 Å². The molecule has 4 N–H and O–H groups in total. The third-order valence-corrected chi connectivity index (χ3v) is 9.07. The Balaban J connectivity index is 1.41. The van der Waals surface area contributed by atoms with Crippen LogP contribution in [0.4, 0.5) is 0 Å². The number of fused-ring (bicyclic) bond motifs is 1. The van der Waals surface area contributed by atoms with Crippen molar-refractivity contribution >= 4 is 52.1 Å². The number of β-lactam (4-membered cyclic amide) rings is 1.